The monoisotopic (exact) mass is 333 g/mol. The number of ether oxygens (including phenoxy) is 2. The average Bonchev–Trinajstić information content (AvgIpc) is 2.22. The number of nitriles is 1. The highest BCUT2D eigenvalue weighted by Gasteiger charge is 2.16. The van der Waals surface area contributed by atoms with Crippen LogP contribution in [0.4, 0.5) is 0 Å². The van der Waals surface area contributed by atoms with Crippen LogP contribution in [0.25, 0.3) is 0 Å². The number of hydrogen-bond acceptors (Lipinski definition) is 3. The largest absolute Gasteiger partial charge is 0.496 e. The molecule has 0 saturated carbocycles. The number of rotatable bonds is 3. The van der Waals surface area contributed by atoms with E-state index in [1.54, 1.807) is 20.3 Å². The van der Waals surface area contributed by atoms with E-state index >= 15 is 0 Å². The van der Waals surface area contributed by atoms with Gasteiger partial charge in [-0.2, -0.15) is 5.26 Å². The van der Waals surface area contributed by atoms with Gasteiger partial charge in [0.05, 0.1) is 35.7 Å². The van der Waals surface area contributed by atoms with Crippen molar-refractivity contribution < 1.29 is 9.47 Å². The highest BCUT2D eigenvalue weighted by Crippen LogP contribution is 2.41. The Bertz CT molecular complexity index is 413. The second-order valence-corrected chi connectivity index (χ2v) is 4.37. The molecule has 0 aliphatic heterocycles. The van der Waals surface area contributed by atoms with Crippen LogP contribution in [0.2, 0.25) is 0 Å². The smallest absolute Gasteiger partial charge is 0.147 e. The van der Waals surface area contributed by atoms with Crippen molar-refractivity contribution in [2.45, 2.75) is 6.42 Å². The third-order valence-electron chi connectivity index (χ3n) is 1.92. The number of hydrogen-bond donors (Lipinski definition) is 0. The first-order valence-electron chi connectivity index (χ1n) is 4.11. The lowest BCUT2D eigenvalue weighted by Crippen LogP contribution is -1.96. The summed E-state index contributed by atoms with van der Waals surface area (Å²) in [5.74, 6) is 1.33. The topological polar surface area (TPSA) is 42.2 Å². The van der Waals surface area contributed by atoms with Crippen LogP contribution in [0, 0.1) is 11.3 Å². The van der Waals surface area contributed by atoms with Gasteiger partial charge in [-0.1, -0.05) is 0 Å². The van der Waals surface area contributed by atoms with Crippen LogP contribution in [0.5, 0.6) is 11.5 Å². The van der Waals surface area contributed by atoms with Crippen molar-refractivity contribution in [1.29, 1.82) is 5.26 Å². The molecule has 1 aromatic carbocycles. The number of halogens is 2. The summed E-state index contributed by atoms with van der Waals surface area (Å²) in [6.45, 7) is 0. The normalized spacial score (nSPS) is 9.53. The highest BCUT2D eigenvalue weighted by atomic mass is 79.9. The lowest BCUT2D eigenvalue weighted by atomic mass is 10.1. The molecule has 80 valence electrons. The van der Waals surface area contributed by atoms with Gasteiger partial charge in [0, 0.05) is 5.56 Å². The van der Waals surface area contributed by atoms with Crippen LogP contribution in [0.15, 0.2) is 15.0 Å². The summed E-state index contributed by atoms with van der Waals surface area (Å²) >= 11 is 6.77. The third-order valence-corrected chi connectivity index (χ3v) is 3.34. The summed E-state index contributed by atoms with van der Waals surface area (Å²) < 4.78 is 11.9. The van der Waals surface area contributed by atoms with Crippen molar-refractivity contribution in [2.24, 2.45) is 0 Å². The zero-order chi connectivity index (χ0) is 11.4. The average molecular weight is 335 g/mol. The van der Waals surface area contributed by atoms with E-state index in [2.05, 4.69) is 37.9 Å². The summed E-state index contributed by atoms with van der Waals surface area (Å²) in [4.78, 5) is 0. The molecular formula is C10H9Br2NO2. The quantitative estimate of drug-likeness (QED) is 0.851. The molecule has 0 spiro atoms. The Morgan fingerprint density at radius 1 is 1.33 bits per heavy atom. The second kappa shape index (κ2) is 5.38. The van der Waals surface area contributed by atoms with E-state index < -0.39 is 0 Å². The standard InChI is InChI=1S/C10H9Br2NO2/c1-14-8-5-7(11)10(15-2)9(12)6(8)3-4-13/h5H,3H2,1-2H3. The molecule has 1 aromatic rings. The number of benzene rings is 1. The first-order valence-corrected chi connectivity index (χ1v) is 5.70. The fourth-order valence-corrected chi connectivity index (χ4v) is 2.78. The highest BCUT2D eigenvalue weighted by molar-refractivity contribution is 9.11. The zero-order valence-corrected chi connectivity index (χ0v) is 11.5. The van der Waals surface area contributed by atoms with E-state index in [9.17, 15) is 0 Å². The maximum absolute atomic E-state index is 8.72. The fraction of sp³-hybridized carbons (Fsp3) is 0.300. The number of nitrogens with zero attached hydrogens (tertiary/aromatic N) is 1. The van der Waals surface area contributed by atoms with Gasteiger partial charge >= 0.3 is 0 Å². The SMILES string of the molecule is COc1cc(Br)c(OC)c(Br)c1CC#N. The van der Waals surface area contributed by atoms with Crippen molar-refractivity contribution in [3.05, 3.63) is 20.6 Å². The van der Waals surface area contributed by atoms with E-state index in [4.69, 9.17) is 14.7 Å². The molecule has 0 atom stereocenters. The predicted molar refractivity (Wildman–Crippen MR) is 64.3 cm³/mol. The predicted octanol–water partition coefficient (Wildman–Crippen LogP) is 3.29. The third kappa shape index (κ3) is 2.44. The van der Waals surface area contributed by atoms with Gasteiger partial charge < -0.3 is 9.47 Å². The Morgan fingerprint density at radius 2 is 2.00 bits per heavy atom. The van der Waals surface area contributed by atoms with Crippen LogP contribution in [-0.2, 0) is 6.42 Å². The van der Waals surface area contributed by atoms with Crippen LogP contribution < -0.4 is 9.47 Å². The fourth-order valence-electron chi connectivity index (χ4n) is 1.23. The molecule has 0 bridgehead atoms. The molecule has 3 nitrogen and oxygen atoms in total. The van der Waals surface area contributed by atoms with Crippen molar-refractivity contribution >= 4 is 31.9 Å². The minimum absolute atomic E-state index is 0.271. The van der Waals surface area contributed by atoms with E-state index in [0.29, 0.717) is 11.5 Å². The molecule has 15 heavy (non-hydrogen) atoms. The lowest BCUT2D eigenvalue weighted by Gasteiger charge is -2.13. The molecule has 0 aromatic heterocycles. The van der Waals surface area contributed by atoms with Crippen molar-refractivity contribution in [2.75, 3.05) is 14.2 Å². The number of methoxy groups -OCH3 is 2. The van der Waals surface area contributed by atoms with Gasteiger partial charge in [-0.3, -0.25) is 0 Å². The van der Waals surface area contributed by atoms with E-state index in [0.717, 1.165) is 14.5 Å². The van der Waals surface area contributed by atoms with Crippen molar-refractivity contribution in [3.8, 4) is 17.6 Å². The zero-order valence-electron chi connectivity index (χ0n) is 8.30. The van der Waals surface area contributed by atoms with Crippen LogP contribution in [0.1, 0.15) is 5.56 Å². The molecule has 0 unspecified atom stereocenters. The van der Waals surface area contributed by atoms with Crippen molar-refractivity contribution in [3.63, 3.8) is 0 Å². The summed E-state index contributed by atoms with van der Waals surface area (Å²) in [7, 11) is 3.15. The molecule has 0 fully saturated rings. The van der Waals surface area contributed by atoms with Crippen LogP contribution >= 0.6 is 31.9 Å². The van der Waals surface area contributed by atoms with E-state index in [1.165, 1.54) is 0 Å². The molecule has 0 heterocycles. The molecule has 0 aliphatic rings. The van der Waals surface area contributed by atoms with Gasteiger partial charge in [-0.25, -0.2) is 0 Å². The van der Waals surface area contributed by atoms with E-state index in [-0.39, 0.29) is 6.42 Å². The molecule has 0 N–H and O–H groups in total. The summed E-state index contributed by atoms with van der Waals surface area (Å²) in [6, 6.07) is 3.88. The Morgan fingerprint density at radius 3 is 2.47 bits per heavy atom. The molecular weight excluding hydrogens is 326 g/mol. The van der Waals surface area contributed by atoms with Gasteiger partial charge in [-0.05, 0) is 37.9 Å². The van der Waals surface area contributed by atoms with Crippen molar-refractivity contribution in [1.82, 2.24) is 0 Å². The van der Waals surface area contributed by atoms with Crippen LogP contribution in [0.3, 0.4) is 0 Å². The van der Waals surface area contributed by atoms with Gasteiger partial charge in [-0.15, -0.1) is 0 Å². The molecule has 0 aliphatic carbocycles. The molecule has 5 heteroatoms. The second-order valence-electron chi connectivity index (χ2n) is 2.72. The molecule has 0 radical (unpaired) electrons. The minimum atomic E-state index is 0.271. The maximum Gasteiger partial charge on any atom is 0.147 e. The molecule has 0 amide bonds. The van der Waals surface area contributed by atoms with Crippen LogP contribution in [-0.4, -0.2) is 14.2 Å². The minimum Gasteiger partial charge on any atom is -0.496 e. The Labute approximate surface area is 105 Å². The Balaban J connectivity index is 3.40. The first-order chi connectivity index (χ1) is 7.15. The molecule has 1 rings (SSSR count). The Hall–Kier alpha value is -0.730. The summed E-state index contributed by atoms with van der Waals surface area (Å²) in [5, 5.41) is 8.72. The van der Waals surface area contributed by atoms with E-state index in [1.807, 2.05) is 0 Å². The summed E-state index contributed by atoms with van der Waals surface area (Å²) in [5.41, 5.74) is 0.792. The van der Waals surface area contributed by atoms with Gasteiger partial charge in [0.25, 0.3) is 0 Å². The van der Waals surface area contributed by atoms with Gasteiger partial charge in [0.2, 0.25) is 0 Å². The molecule has 0 saturated heterocycles. The Kier molecular flexibility index (Phi) is 4.43. The van der Waals surface area contributed by atoms with Gasteiger partial charge in [0.1, 0.15) is 11.5 Å². The first kappa shape index (κ1) is 12.3. The lowest BCUT2D eigenvalue weighted by molar-refractivity contribution is 0.395. The van der Waals surface area contributed by atoms with Gasteiger partial charge in [0.15, 0.2) is 0 Å². The maximum atomic E-state index is 8.72. The summed E-state index contributed by atoms with van der Waals surface area (Å²) in [6.07, 6.45) is 0.271.